The molecule has 2 saturated heterocycles. The van der Waals surface area contributed by atoms with Crippen LogP contribution in [0.2, 0.25) is 0 Å². The molecule has 2 aromatic carbocycles. The number of piperidine rings is 1. The lowest BCUT2D eigenvalue weighted by atomic mass is 10.00. The maximum absolute atomic E-state index is 14.1. The Morgan fingerprint density at radius 1 is 0.963 bits per heavy atom. The van der Waals surface area contributed by atoms with E-state index in [4.69, 9.17) is 0 Å². The van der Waals surface area contributed by atoms with E-state index in [1.807, 2.05) is 47.0 Å². The van der Waals surface area contributed by atoms with E-state index in [9.17, 15) is 9.18 Å². The molecule has 2 fully saturated rings. The van der Waals surface area contributed by atoms with Crippen LogP contribution in [0.3, 0.4) is 0 Å². The van der Waals surface area contributed by atoms with Crippen molar-refractivity contribution >= 4 is 17.7 Å². The number of rotatable bonds is 3. The van der Waals surface area contributed by atoms with Crippen molar-refractivity contribution < 1.29 is 9.18 Å². The highest BCUT2D eigenvalue weighted by atomic mass is 32.2. The summed E-state index contributed by atoms with van der Waals surface area (Å²) < 4.78 is 14.1. The third kappa shape index (κ3) is 4.19. The molecule has 142 valence electrons. The topological polar surface area (TPSA) is 23.6 Å². The fraction of sp³-hybridized carbons (Fsp3) is 0.409. The van der Waals surface area contributed by atoms with Crippen LogP contribution in [0.4, 0.5) is 4.39 Å². The van der Waals surface area contributed by atoms with Gasteiger partial charge in [-0.1, -0.05) is 30.3 Å². The number of halogens is 1. The fourth-order valence-corrected chi connectivity index (χ4v) is 5.01. The molecule has 0 atom stereocenters. The molecule has 0 aromatic heterocycles. The molecular weight excluding hydrogens is 359 g/mol. The minimum Gasteiger partial charge on any atom is -0.339 e. The third-order valence-corrected chi connectivity index (χ3v) is 6.55. The lowest BCUT2D eigenvalue weighted by Crippen LogP contribution is -2.49. The maximum atomic E-state index is 14.1. The quantitative estimate of drug-likeness (QED) is 0.794. The molecule has 0 spiro atoms. The molecular formula is C22H25FN2OS. The first-order valence-corrected chi connectivity index (χ1v) is 10.8. The van der Waals surface area contributed by atoms with Crippen LogP contribution in [0.15, 0.2) is 48.5 Å². The molecule has 2 heterocycles. The van der Waals surface area contributed by atoms with E-state index in [1.165, 1.54) is 30.7 Å². The van der Waals surface area contributed by atoms with Crippen LogP contribution in [0.25, 0.3) is 11.1 Å². The van der Waals surface area contributed by atoms with E-state index >= 15 is 0 Å². The van der Waals surface area contributed by atoms with Gasteiger partial charge in [-0.25, -0.2) is 4.39 Å². The highest BCUT2D eigenvalue weighted by Crippen LogP contribution is 2.25. The summed E-state index contributed by atoms with van der Waals surface area (Å²) in [4.78, 5) is 17.5. The molecule has 0 bridgehead atoms. The second-order valence-electron chi connectivity index (χ2n) is 7.23. The van der Waals surface area contributed by atoms with E-state index in [-0.39, 0.29) is 11.7 Å². The Kier molecular flexibility index (Phi) is 5.79. The van der Waals surface area contributed by atoms with E-state index in [1.54, 1.807) is 12.1 Å². The van der Waals surface area contributed by atoms with Crippen molar-refractivity contribution in [3.63, 3.8) is 0 Å². The van der Waals surface area contributed by atoms with Gasteiger partial charge in [0.2, 0.25) is 0 Å². The lowest BCUT2D eigenvalue weighted by molar-refractivity contribution is 0.0631. The van der Waals surface area contributed by atoms with E-state index < -0.39 is 0 Å². The Bertz CT molecular complexity index is 798. The van der Waals surface area contributed by atoms with Crippen LogP contribution >= 0.6 is 11.8 Å². The summed E-state index contributed by atoms with van der Waals surface area (Å²) in [6, 6.07) is 14.7. The summed E-state index contributed by atoms with van der Waals surface area (Å²) in [5.41, 5.74) is 1.93. The van der Waals surface area contributed by atoms with Gasteiger partial charge in [0.1, 0.15) is 5.82 Å². The van der Waals surface area contributed by atoms with Crippen LogP contribution in [0.5, 0.6) is 0 Å². The van der Waals surface area contributed by atoms with Crippen molar-refractivity contribution in [3.8, 4) is 11.1 Å². The van der Waals surface area contributed by atoms with Crippen molar-refractivity contribution in [2.45, 2.75) is 18.9 Å². The number of thioether (sulfide) groups is 1. The van der Waals surface area contributed by atoms with Crippen molar-refractivity contribution in [2.75, 3.05) is 37.7 Å². The molecule has 0 radical (unpaired) electrons. The second-order valence-corrected chi connectivity index (χ2v) is 8.46. The Hall–Kier alpha value is -1.85. The molecule has 0 saturated carbocycles. The molecule has 0 unspecified atom stereocenters. The summed E-state index contributed by atoms with van der Waals surface area (Å²) in [6.45, 7) is 3.95. The van der Waals surface area contributed by atoms with Gasteiger partial charge in [-0.15, -0.1) is 0 Å². The lowest BCUT2D eigenvalue weighted by Gasteiger charge is -2.40. The Balaban J connectivity index is 1.43. The van der Waals surface area contributed by atoms with Crippen molar-refractivity contribution in [2.24, 2.45) is 0 Å². The van der Waals surface area contributed by atoms with Crippen LogP contribution in [0, 0.1) is 5.82 Å². The zero-order valence-electron chi connectivity index (χ0n) is 15.4. The highest BCUT2D eigenvalue weighted by molar-refractivity contribution is 7.99. The number of benzene rings is 2. The number of hydrogen-bond acceptors (Lipinski definition) is 3. The fourth-order valence-electron chi connectivity index (χ4n) is 4.07. The molecule has 27 heavy (non-hydrogen) atoms. The van der Waals surface area contributed by atoms with Gasteiger partial charge < -0.3 is 4.90 Å². The average molecular weight is 385 g/mol. The summed E-state index contributed by atoms with van der Waals surface area (Å²) in [6.07, 6.45) is 2.09. The van der Waals surface area contributed by atoms with Crippen LogP contribution in [-0.4, -0.2) is 59.4 Å². The van der Waals surface area contributed by atoms with Gasteiger partial charge in [0.25, 0.3) is 5.91 Å². The minimum atomic E-state index is -0.261. The zero-order valence-corrected chi connectivity index (χ0v) is 16.3. The zero-order chi connectivity index (χ0) is 18.6. The standard InChI is InChI=1S/C22H25FN2OS/c23-21-7-2-1-6-20(21)17-4-3-5-18(16-17)22(26)25-10-8-19(9-11-25)24-12-14-27-15-13-24/h1-7,16,19H,8-15H2. The SMILES string of the molecule is O=C(c1cccc(-c2ccccc2F)c1)N1CCC(N2CCSCC2)CC1. The number of likely N-dealkylation sites (tertiary alicyclic amines) is 1. The van der Waals surface area contributed by atoms with Gasteiger partial charge in [-0.2, -0.15) is 11.8 Å². The summed E-state index contributed by atoms with van der Waals surface area (Å²) >= 11 is 2.03. The predicted octanol–water partition coefficient (Wildman–Crippen LogP) is 4.15. The maximum Gasteiger partial charge on any atom is 0.253 e. The molecule has 5 heteroatoms. The molecule has 2 aliphatic rings. The van der Waals surface area contributed by atoms with Gasteiger partial charge in [-0.05, 0) is 36.6 Å². The van der Waals surface area contributed by atoms with Crippen molar-refractivity contribution in [1.82, 2.24) is 9.80 Å². The van der Waals surface area contributed by atoms with Crippen molar-refractivity contribution in [3.05, 3.63) is 59.9 Å². The number of hydrogen-bond donors (Lipinski definition) is 0. The normalized spacial score (nSPS) is 19.2. The Morgan fingerprint density at radius 2 is 1.70 bits per heavy atom. The first kappa shape index (κ1) is 18.5. The van der Waals surface area contributed by atoms with Gasteiger partial charge in [0, 0.05) is 54.9 Å². The van der Waals surface area contributed by atoms with Gasteiger partial charge >= 0.3 is 0 Å². The minimum absolute atomic E-state index is 0.0563. The molecule has 2 aromatic rings. The Labute approximate surface area is 164 Å². The van der Waals surface area contributed by atoms with E-state index in [0.29, 0.717) is 17.2 Å². The van der Waals surface area contributed by atoms with Gasteiger partial charge in [0.15, 0.2) is 0 Å². The summed E-state index contributed by atoms with van der Waals surface area (Å²) in [5.74, 6) is 2.24. The van der Waals surface area contributed by atoms with Gasteiger partial charge in [0.05, 0.1) is 0 Å². The first-order chi connectivity index (χ1) is 13.2. The van der Waals surface area contributed by atoms with Crippen molar-refractivity contribution in [1.29, 1.82) is 0 Å². The van der Waals surface area contributed by atoms with E-state index in [2.05, 4.69) is 4.90 Å². The van der Waals surface area contributed by atoms with E-state index in [0.717, 1.165) is 31.5 Å². The molecule has 4 rings (SSSR count). The van der Waals surface area contributed by atoms with Gasteiger partial charge in [-0.3, -0.25) is 9.69 Å². The molecule has 0 N–H and O–H groups in total. The molecule has 3 nitrogen and oxygen atoms in total. The predicted molar refractivity (Wildman–Crippen MR) is 110 cm³/mol. The molecule has 1 amide bonds. The first-order valence-electron chi connectivity index (χ1n) is 9.68. The number of carbonyl (C=O) groups is 1. The van der Waals surface area contributed by atoms with Crippen LogP contribution in [0.1, 0.15) is 23.2 Å². The van der Waals surface area contributed by atoms with Crippen LogP contribution in [-0.2, 0) is 0 Å². The van der Waals surface area contributed by atoms with Crippen LogP contribution < -0.4 is 0 Å². The number of nitrogens with zero attached hydrogens (tertiary/aromatic N) is 2. The third-order valence-electron chi connectivity index (χ3n) is 5.61. The smallest absolute Gasteiger partial charge is 0.253 e. The summed E-state index contributed by atoms with van der Waals surface area (Å²) in [5, 5.41) is 0. The average Bonchev–Trinajstić information content (AvgIpc) is 2.74. The molecule has 2 aliphatic heterocycles. The number of carbonyl (C=O) groups excluding carboxylic acids is 1. The molecule has 0 aliphatic carbocycles. The Morgan fingerprint density at radius 3 is 2.44 bits per heavy atom. The number of amides is 1. The second kappa shape index (κ2) is 8.44. The monoisotopic (exact) mass is 384 g/mol. The highest BCUT2D eigenvalue weighted by Gasteiger charge is 2.28. The largest absolute Gasteiger partial charge is 0.339 e. The summed E-state index contributed by atoms with van der Waals surface area (Å²) in [7, 11) is 0.